The van der Waals surface area contributed by atoms with Crippen LogP contribution in [-0.4, -0.2) is 23.3 Å². The van der Waals surface area contributed by atoms with Crippen LogP contribution in [0.5, 0.6) is 11.5 Å². The molecule has 0 bridgehead atoms. The Balaban J connectivity index is 2.26. The molecule has 1 aromatic heterocycles. The SMILES string of the molecule is COc1cc(C(=O)O)cc(Cl)c1OCc1cnoc1. The first-order chi connectivity index (χ1) is 9.11. The Kier molecular flexibility index (Phi) is 3.91. The summed E-state index contributed by atoms with van der Waals surface area (Å²) in [5.41, 5.74) is 0.750. The molecule has 2 rings (SSSR count). The van der Waals surface area contributed by atoms with Gasteiger partial charge in [0.2, 0.25) is 0 Å². The zero-order valence-corrected chi connectivity index (χ0v) is 10.7. The lowest BCUT2D eigenvalue weighted by Crippen LogP contribution is -2.01. The summed E-state index contributed by atoms with van der Waals surface area (Å²) in [6.45, 7) is 0.187. The van der Waals surface area contributed by atoms with E-state index in [1.807, 2.05) is 0 Å². The Morgan fingerprint density at radius 1 is 1.53 bits per heavy atom. The predicted molar refractivity (Wildman–Crippen MR) is 65.8 cm³/mol. The number of carboxylic acid groups (broad SMARTS) is 1. The summed E-state index contributed by atoms with van der Waals surface area (Å²) in [4.78, 5) is 10.9. The van der Waals surface area contributed by atoms with Gasteiger partial charge in [0.05, 0.1) is 23.9 Å². The van der Waals surface area contributed by atoms with Crippen LogP contribution in [0.4, 0.5) is 0 Å². The fraction of sp³-hybridized carbons (Fsp3) is 0.167. The number of halogens is 1. The van der Waals surface area contributed by atoms with Gasteiger partial charge in [-0.25, -0.2) is 4.79 Å². The summed E-state index contributed by atoms with van der Waals surface area (Å²) >= 11 is 5.99. The van der Waals surface area contributed by atoms with E-state index >= 15 is 0 Å². The third-order valence-electron chi connectivity index (χ3n) is 2.34. The number of rotatable bonds is 5. The number of carboxylic acids is 1. The van der Waals surface area contributed by atoms with Crippen molar-refractivity contribution in [2.75, 3.05) is 7.11 Å². The summed E-state index contributed by atoms with van der Waals surface area (Å²) in [6, 6.07) is 2.65. The summed E-state index contributed by atoms with van der Waals surface area (Å²) in [6.07, 6.45) is 2.94. The molecule has 0 unspecified atom stereocenters. The first kappa shape index (κ1) is 13.2. The van der Waals surface area contributed by atoms with E-state index in [1.54, 1.807) is 0 Å². The van der Waals surface area contributed by atoms with Gasteiger partial charge in [-0.3, -0.25) is 0 Å². The molecule has 7 heteroatoms. The fourth-order valence-electron chi connectivity index (χ4n) is 1.44. The van der Waals surface area contributed by atoms with Gasteiger partial charge >= 0.3 is 5.97 Å². The Labute approximate surface area is 113 Å². The van der Waals surface area contributed by atoms with E-state index in [4.69, 9.17) is 26.2 Å². The van der Waals surface area contributed by atoms with Gasteiger partial charge in [0.15, 0.2) is 11.5 Å². The molecule has 1 aromatic carbocycles. The maximum absolute atomic E-state index is 10.9. The van der Waals surface area contributed by atoms with E-state index in [1.165, 1.54) is 31.7 Å². The van der Waals surface area contributed by atoms with Gasteiger partial charge in [-0.1, -0.05) is 16.8 Å². The second-order valence-corrected chi connectivity index (χ2v) is 4.02. The molecule has 0 aliphatic rings. The highest BCUT2D eigenvalue weighted by Gasteiger charge is 2.15. The van der Waals surface area contributed by atoms with E-state index in [-0.39, 0.29) is 28.7 Å². The third kappa shape index (κ3) is 2.97. The molecule has 0 amide bonds. The van der Waals surface area contributed by atoms with Crippen molar-refractivity contribution >= 4 is 17.6 Å². The van der Waals surface area contributed by atoms with E-state index in [0.717, 1.165) is 5.56 Å². The highest BCUT2D eigenvalue weighted by molar-refractivity contribution is 6.32. The summed E-state index contributed by atoms with van der Waals surface area (Å²) in [7, 11) is 1.41. The molecule has 1 N–H and O–H groups in total. The number of aromatic carboxylic acids is 1. The van der Waals surface area contributed by atoms with E-state index in [9.17, 15) is 4.79 Å². The number of methoxy groups -OCH3 is 1. The van der Waals surface area contributed by atoms with Crippen LogP contribution in [0.15, 0.2) is 29.1 Å². The fourth-order valence-corrected chi connectivity index (χ4v) is 1.70. The number of aromatic nitrogens is 1. The summed E-state index contributed by atoms with van der Waals surface area (Å²) in [5, 5.41) is 12.6. The number of hydrogen-bond acceptors (Lipinski definition) is 5. The van der Waals surface area contributed by atoms with Crippen LogP contribution >= 0.6 is 11.6 Å². The zero-order valence-electron chi connectivity index (χ0n) is 9.92. The highest BCUT2D eigenvalue weighted by atomic mass is 35.5. The van der Waals surface area contributed by atoms with Crippen LogP contribution < -0.4 is 9.47 Å². The Bertz CT molecular complexity index is 582. The molecule has 0 saturated carbocycles. The van der Waals surface area contributed by atoms with Crippen LogP contribution in [0, 0.1) is 0 Å². The second-order valence-electron chi connectivity index (χ2n) is 3.62. The van der Waals surface area contributed by atoms with Crippen LogP contribution in [0.1, 0.15) is 15.9 Å². The topological polar surface area (TPSA) is 81.8 Å². The molecule has 2 aromatic rings. The molecule has 0 spiro atoms. The van der Waals surface area contributed by atoms with Crippen molar-refractivity contribution in [3.8, 4) is 11.5 Å². The number of nitrogens with zero attached hydrogens (tertiary/aromatic N) is 1. The molecule has 0 aliphatic heterocycles. The van der Waals surface area contributed by atoms with Crippen LogP contribution in [0.2, 0.25) is 5.02 Å². The minimum absolute atomic E-state index is 0.0270. The maximum Gasteiger partial charge on any atom is 0.335 e. The molecule has 6 nitrogen and oxygen atoms in total. The Morgan fingerprint density at radius 3 is 2.89 bits per heavy atom. The van der Waals surface area contributed by atoms with Crippen LogP contribution in [-0.2, 0) is 6.61 Å². The van der Waals surface area contributed by atoms with Crippen molar-refractivity contribution < 1.29 is 23.9 Å². The number of hydrogen-bond donors (Lipinski definition) is 1. The molecule has 0 aliphatic carbocycles. The van der Waals surface area contributed by atoms with E-state index < -0.39 is 5.97 Å². The first-order valence-corrected chi connectivity index (χ1v) is 5.61. The first-order valence-electron chi connectivity index (χ1n) is 5.23. The van der Waals surface area contributed by atoms with Gasteiger partial charge in [-0.15, -0.1) is 0 Å². The minimum Gasteiger partial charge on any atom is -0.493 e. The molecule has 0 atom stereocenters. The summed E-state index contributed by atoms with van der Waals surface area (Å²) < 4.78 is 15.2. The van der Waals surface area contributed by atoms with E-state index in [0.29, 0.717) is 0 Å². The lowest BCUT2D eigenvalue weighted by atomic mass is 10.2. The molecule has 0 fully saturated rings. The lowest BCUT2D eigenvalue weighted by molar-refractivity contribution is 0.0696. The van der Waals surface area contributed by atoms with Gasteiger partial charge < -0.3 is 19.1 Å². The number of benzene rings is 1. The van der Waals surface area contributed by atoms with Crippen molar-refractivity contribution in [1.82, 2.24) is 5.16 Å². The second kappa shape index (κ2) is 5.62. The van der Waals surface area contributed by atoms with Gasteiger partial charge in [0.1, 0.15) is 12.9 Å². The van der Waals surface area contributed by atoms with Crippen molar-refractivity contribution in [3.63, 3.8) is 0 Å². The Morgan fingerprint density at radius 2 is 2.32 bits per heavy atom. The molecule has 1 heterocycles. The average Bonchev–Trinajstić information content (AvgIpc) is 2.89. The van der Waals surface area contributed by atoms with Crippen molar-refractivity contribution in [3.05, 3.63) is 40.7 Å². The zero-order chi connectivity index (χ0) is 13.8. The standard InChI is InChI=1S/C12H10ClNO5/c1-17-10-3-8(12(15)16)2-9(13)11(10)18-5-7-4-14-19-6-7/h2-4,6H,5H2,1H3,(H,15,16). The highest BCUT2D eigenvalue weighted by Crippen LogP contribution is 2.36. The number of ether oxygens (including phenoxy) is 2. The van der Waals surface area contributed by atoms with Crippen molar-refractivity contribution in [2.24, 2.45) is 0 Å². The normalized spacial score (nSPS) is 10.2. The van der Waals surface area contributed by atoms with Crippen LogP contribution in [0.3, 0.4) is 0 Å². The maximum atomic E-state index is 10.9. The Hall–Kier alpha value is -2.21. The lowest BCUT2D eigenvalue weighted by Gasteiger charge is -2.12. The van der Waals surface area contributed by atoms with Crippen molar-refractivity contribution in [1.29, 1.82) is 0 Å². The minimum atomic E-state index is -1.09. The van der Waals surface area contributed by atoms with Gasteiger partial charge in [-0.2, -0.15) is 0 Å². The third-order valence-corrected chi connectivity index (χ3v) is 2.62. The number of carbonyl (C=O) groups is 1. The molecule has 0 saturated heterocycles. The smallest absolute Gasteiger partial charge is 0.335 e. The quantitative estimate of drug-likeness (QED) is 0.908. The van der Waals surface area contributed by atoms with Gasteiger partial charge in [-0.05, 0) is 12.1 Å². The van der Waals surface area contributed by atoms with Gasteiger partial charge in [0, 0.05) is 5.56 Å². The van der Waals surface area contributed by atoms with Crippen molar-refractivity contribution in [2.45, 2.75) is 6.61 Å². The molecule has 19 heavy (non-hydrogen) atoms. The molecular formula is C12H10ClNO5. The van der Waals surface area contributed by atoms with Gasteiger partial charge in [0.25, 0.3) is 0 Å². The molecular weight excluding hydrogens is 274 g/mol. The average molecular weight is 284 g/mol. The monoisotopic (exact) mass is 283 g/mol. The van der Waals surface area contributed by atoms with E-state index in [2.05, 4.69) is 9.68 Å². The van der Waals surface area contributed by atoms with Crippen LogP contribution in [0.25, 0.3) is 0 Å². The summed E-state index contributed by atoms with van der Waals surface area (Å²) in [5.74, 6) is -0.567. The molecule has 100 valence electrons. The predicted octanol–water partition coefficient (Wildman–Crippen LogP) is 2.61. The largest absolute Gasteiger partial charge is 0.493 e. The molecule has 0 radical (unpaired) electrons.